The number of hydrogen-bond donors (Lipinski definition) is 1. The minimum atomic E-state index is 0.770. The van der Waals surface area contributed by atoms with Crippen molar-refractivity contribution >= 4 is 0 Å². The predicted octanol–water partition coefficient (Wildman–Crippen LogP) is 3.66. The molecular formula is C17H34N2. The SMILES string of the molecule is CCNC1CCC(C)CC1CN1C(C)CCC1CC. The van der Waals surface area contributed by atoms with E-state index >= 15 is 0 Å². The Labute approximate surface area is 120 Å². The molecule has 1 saturated carbocycles. The molecule has 0 radical (unpaired) electrons. The first-order valence-electron chi connectivity index (χ1n) is 8.64. The van der Waals surface area contributed by atoms with Crippen molar-refractivity contribution in [2.24, 2.45) is 11.8 Å². The second kappa shape index (κ2) is 7.08. The molecule has 0 aromatic heterocycles. The van der Waals surface area contributed by atoms with E-state index < -0.39 is 0 Å². The molecule has 5 atom stereocenters. The summed E-state index contributed by atoms with van der Waals surface area (Å²) in [6, 6.07) is 2.44. The van der Waals surface area contributed by atoms with Crippen molar-refractivity contribution < 1.29 is 0 Å². The highest BCUT2D eigenvalue weighted by Crippen LogP contribution is 2.33. The number of nitrogens with zero attached hydrogens (tertiary/aromatic N) is 1. The van der Waals surface area contributed by atoms with E-state index in [1.54, 1.807) is 0 Å². The van der Waals surface area contributed by atoms with Crippen molar-refractivity contribution in [3.8, 4) is 0 Å². The lowest BCUT2D eigenvalue weighted by Gasteiger charge is -2.40. The van der Waals surface area contributed by atoms with E-state index in [-0.39, 0.29) is 0 Å². The second-order valence-corrected chi connectivity index (χ2v) is 7.03. The van der Waals surface area contributed by atoms with E-state index in [0.29, 0.717) is 0 Å². The van der Waals surface area contributed by atoms with Gasteiger partial charge in [0.15, 0.2) is 0 Å². The first kappa shape index (κ1) is 15.3. The van der Waals surface area contributed by atoms with E-state index in [0.717, 1.165) is 36.5 Å². The molecule has 1 heterocycles. The van der Waals surface area contributed by atoms with Gasteiger partial charge in [-0.15, -0.1) is 0 Å². The number of rotatable bonds is 5. The number of likely N-dealkylation sites (tertiary alicyclic amines) is 1. The highest BCUT2D eigenvalue weighted by atomic mass is 15.2. The van der Waals surface area contributed by atoms with Crippen LogP contribution in [0.25, 0.3) is 0 Å². The number of nitrogens with one attached hydrogen (secondary N) is 1. The van der Waals surface area contributed by atoms with Crippen molar-refractivity contribution in [3.63, 3.8) is 0 Å². The Morgan fingerprint density at radius 1 is 1.05 bits per heavy atom. The van der Waals surface area contributed by atoms with Crippen molar-refractivity contribution in [2.75, 3.05) is 13.1 Å². The summed E-state index contributed by atoms with van der Waals surface area (Å²) in [6.45, 7) is 12.0. The van der Waals surface area contributed by atoms with Crippen LogP contribution in [0.4, 0.5) is 0 Å². The average molecular weight is 266 g/mol. The van der Waals surface area contributed by atoms with E-state index in [2.05, 4.69) is 37.9 Å². The molecule has 5 unspecified atom stereocenters. The first-order chi connectivity index (χ1) is 9.15. The van der Waals surface area contributed by atoms with E-state index in [1.165, 1.54) is 45.1 Å². The van der Waals surface area contributed by atoms with Crippen molar-refractivity contribution in [1.82, 2.24) is 10.2 Å². The molecule has 1 saturated heterocycles. The lowest BCUT2D eigenvalue weighted by Crippen LogP contribution is -2.48. The Kier molecular flexibility index (Phi) is 5.70. The van der Waals surface area contributed by atoms with Crippen molar-refractivity contribution in [1.29, 1.82) is 0 Å². The number of hydrogen-bond acceptors (Lipinski definition) is 2. The molecule has 0 amide bonds. The molecule has 2 aliphatic rings. The van der Waals surface area contributed by atoms with Gasteiger partial charge in [0.1, 0.15) is 0 Å². The average Bonchev–Trinajstić information content (AvgIpc) is 2.74. The molecule has 2 nitrogen and oxygen atoms in total. The third kappa shape index (κ3) is 3.72. The van der Waals surface area contributed by atoms with Gasteiger partial charge in [0.05, 0.1) is 0 Å². The molecule has 1 N–H and O–H groups in total. The third-order valence-corrected chi connectivity index (χ3v) is 5.58. The standard InChI is InChI=1S/C17H34N2/c1-5-16-9-8-14(4)19(16)12-15-11-13(3)7-10-17(15)18-6-2/h13-18H,5-12H2,1-4H3. The maximum absolute atomic E-state index is 3.75. The van der Waals surface area contributed by atoms with Gasteiger partial charge in [-0.25, -0.2) is 0 Å². The van der Waals surface area contributed by atoms with Crippen LogP contribution in [0.1, 0.15) is 66.2 Å². The fourth-order valence-electron chi connectivity index (χ4n) is 4.39. The molecule has 19 heavy (non-hydrogen) atoms. The molecule has 0 bridgehead atoms. The summed E-state index contributed by atoms with van der Waals surface area (Å²) in [4.78, 5) is 2.83. The van der Waals surface area contributed by atoms with Crippen molar-refractivity contribution in [2.45, 2.75) is 84.3 Å². The fraction of sp³-hybridized carbons (Fsp3) is 1.00. The zero-order chi connectivity index (χ0) is 13.8. The first-order valence-corrected chi connectivity index (χ1v) is 8.64. The monoisotopic (exact) mass is 266 g/mol. The summed E-state index contributed by atoms with van der Waals surface area (Å²) in [7, 11) is 0. The lowest BCUT2D eigenvalue weighted by molar-refractivity contribution is 0.113. The summed E-state index contributed by atoms with van der Waals surface area (Å²) >= 11 is 0. The topological polar surface area (TPSA) is 15.3 Å². The fourth-order valence-corrected chi connectivity index (χ4v) is 4.39. The Hall–Kier alpha value is -0.0800. The van der Waals surface area contributed by atoms with E-state index in [9.17, 15) is 0 Å². The maximum atomic E-state index is 3.75. The van der Waals surface area contributed by atoms with Crippen LogP contribution < -0.4 is 5.32 Å². The largest absolute Gasteiger partial charge is 0.314 e. The molecule has 0 spiro atoms. The predicted molar refractivity (Wildman–Crippen MR) is 83.5 cm³/mol. The van der Waals surface area contributed by atoms with Crippen LogP contribution in [0.5, 0.6) is 0 Å². The summed E-state index contributed by atoms with van der Waals surface area (Å²) in [5, 5.41) is 3.75. The molecule has 2 heteroatoms. The normalized spacial score (nSPS) is 40.7. The van der Waals surface area contributed by atoms with E-state index in [1.807, 2.05) is 0 Å². The zero-order valence-electron chi connectivity index (χ0n) is 13.5. The van der Waals surface area contributed by atoms with Crippen LogP contribution in [0.15, 0.2) is 0 Å². The molecule has 1 aliphatic heterocycles. The minimum absolute atomic E-state index is 0.770. The zero-order valence-corrected chi connectivity index (χ0v) is 13.5. The Morgan fingerprint density at radius 3 is 2.53 bits per heavy atom. The summed E-state index contributed by atoms with van der Waals surface area (Å²) in [5.74, 6) is 1.80. The molecule has 2 fully saturated rings. The smallest absolute Gasteiger partial charge is 0.0108 e. The van der Waals surface area contributed by atoms with Gasteiger partial charge in [-0.05, 0) is 63.8 Å². The van der Waals surface area contributed by atoms with Crippen LogP contribution in [-0.4, -0.2) is 36.1 Å². The minimum Gasteiger partial charge on any atom is -0.314 e. The summed E-state index contributed by atoms with van der Waals surface area (Å²) < 4.78 is 0. The molecule has 112 valence electrons. The Balaban J connectivity index is 1.97. The van der Waals surface area contributed by atoms with Crippen molar-refractivity contribution in [3.05, 3.63) is 0 Å². The Morgan fingerprint density at radius 2 is 1.84 bits per heavy atom. The van der Waals surface area contributed by atoms with Gasteiger partial charge in [-0.2, -0.15) is 0 Å². The van der Waals surface area contributed by atoms with Gasteiger partial charge in [-0.1, -0.05) is 20.8 Å². The van der Waals surface area contributed by atoms with Crippen LogP contribution in [-0.2, 0) is 0 Å². The van der Waals surface area contributed by atoms with E-state index in [4.69, 9.17) is 0 Å². The van der Waals surface area contributed by atoms with Crippen LogP contribution in [0.3, 0.4) is 0 Å². The highest BCUT2D eigenvalue weighted by molar-refractivity contribution is 4.91. The molecular weight excluding hydrogens is 232 g/mol. The summed E-state index contributed by atoms with van der Waals surface area (Å²) in [5.41, 5.74) is 0. The van der Waals surface area contributed by atoms with Gasteiger partial charge >= 0.3 is 0 Å². The summed E-state index contributed by atoms with van der Waals surface area (Å²) in [6.07, 6.45) is 8.40. The van der Waals surface area contributed by atoms with Crippen LogP contribution >= 0.6 is 0 Å². The molecule has 2 rings (SSSR count). The highest BCUT2D eigenvalue weighted by Gasteiger charge is 2.35. The van der Waals surface area contributed by atoms with Gasteiger partial charge in [0, 0.05) is 24.7 Å². The molecule has 0 aromatic carbocycles. The van der Waals surface area contributed by atoms with Crippen LogP contribution in [0, 0.1) is 11.8 Å². The van der Waals surface area contributed by atoms with Gasteiger partial charge in [-0.3, -0.25) is 4.90 Å². The van der Waals surface area contributed by atoms with Gasteiger partial charge < -0.3 is 5.32 Å². The lowest BCUT2D eigenvalue weighted by atomic mass is 9.78. The van der Waals surface area contributed by atoms with Crippen LogP contribution in [0.2, 0.25) is 0 Å². The van der Waals surface area contributed by atoms with Gasteiger partial charge in [0.2, 0.25) is 0 Å². The maximum Gasteiger partial charge on any atom is 0.0108 e. The molecule has 1 aliphatic carbocycles. The second-order valence-electron chi connectivity index (χ2n) is 7.03. The Bertz CT molecular complexity index is 266. The third-order valence-electron chi connectivity index (χ3n) is 5.58. The van der Waals surface area contributed by atoms with Gasteiger partial charge in [0.25, 0.3) is 0 Å². The molecule has 0 aromatic rings. The quantitative estimate of drug-likeness (QED) is 0.817.